The van der Waals surface area contributed by atoms with E-state index in [4.69, 9.17) is 0 Å². The highest BCUT2D eigenvalue weighted by Gasteiger charge is 2.17. The van der Waals surface area contributed by atoms with Gasteiger partial charge in [0.2, 0.25) is 0 Å². The summed E-state index contributed by atoms with van der Waals surface area (Å²) in [5, 5.41) is 1.82. The van der Waals surface area contributed by atoms with E-state index in [9.17, 15) is 4.79 Å². The molecule has 0 bridgehead atoms. The summed E-state index contributed by atoms with van der Waals surface area (Å²) in [6, 6.07) is 8.19. The highest BCUT2D eigenvalue weighted by atomic mass is 16.1. The van der Waals surface area contributed by atoms with Gasteiger partial charge in [0.15, 0.2) is 0 Å². The van der Waals surface area contributed by atoms with Crippen LogP contribution < -0.4 is 5.56 Å². The van der Waals surface area contributed by atoms with Crippen molar-refractivity contribution in [3.8, 4) is 0 Å². The average Bonchev–Trinajstić information content (AvgIpc) is 2.26. The van der Waals surface area contributed by atoms with Gasteiger partial charge in [-0.25, -0.2) is 0 Å². The van der Waals surface area contributed by atoms with E-state index >= 15 is 0 Å². The largest absolute Gasteiger partial charge is 0.310 e. The Balaban J connectivity index is 2.71. The van der Waals surface area contributed by atoms with Crippen LogP contribution in [0.2, 0.25) is 0 Å². The van der Waals surface area contributed by atoms with E-state index in [1.54, 1.807) is 4.57 Å². The smallest absolute Gasteiger partial charge is 0.258 e. The first-order chi connectivity index (χ1) is 8.60. The van der Waals surface area contributed by atoms with Crippen molar-refractivity contribution in [3.63, 3.8) is 0 Å². The lowest BCUT2D eigenvalue weighted by atomic mass is 9.86. The van der Waals surface area contributed by atoms with Crippen LogP contribution >= 0.6 is 0 Å². The van der Waals surface area contributed by atoms with E-state index < -0.39 is 0 Å². The van der Waals surface area contributed by atoms with Gasteiger partial charge in [0, 0.05) is 17.1 Å². The number of rotatable bonds is 0. The van der Waals surface area contributed by atoms with Crippen LogP contribution in [-0.2, 0) is 11.0 Å². The molecule has 19 heavy (non-hydrogen) atoms. The number of benzene rings is 1. The third-order valence-electron chi connectivity index (χ3n) is 3.49. The van der Waals surface area contributed by atoms with Crippen molar-refractivity contribution in [3.05, 3.63) is 46.4 Å². The van der Waals surface area contributed by atoms with Crippen LogP contribution in [0.25, 0.3) is 10.8 Å². The van der Waals surface area contributed by atoms with Crippen LogP contribution in [0.5, 0.6) is 0 Å². The fourth-order valence-electron chi connectivity index (χ4n) is 2.24. The van der Waals surface area contributed by atoms with Crippen molar-refractivity contribution < 1.29 is 0 Å². The Morgan fingerprint density at radius 2 is 1.58 bits per heavy atom. The Kier molecular flexibility index (Phi) is 3.08. The van der Waals surface area contributed by atoms with Crippen LogP contribution in [0.4, 0.5) is 0 Å². The molecule has 0 aliphatic carbocycles. The lowest BCUT2D eigenvalue weighted by molar-refractivity contribution is 0.386. The zero-order valence-electron chi connectivity index (χ0n) is 12.7. The van der Waals surface area contributed by atoms with Crippen LogP contribution in [0.3, 0.4) is 0 Å². The molecule has 1 aromatic carbocycles. The molecule has 0 spiro atoms. The van der Waals surface area contributed by atoms with Crippen molar-refractivity contribution >= 4 is 10.8 Å². The average molecular weight is 257 g/mol. The van der Waals surface area contributed by atoms with Crippen LogP contribution in [0, 0.1) is 0 Å². The molecule has 0 atom stereocenters. The standard InChI is InChI=1S/C17H23NO/c1-16(2,3)13-7-8-14-12(11-13)9-10-18(15(14)19)17(4,5)6/h7-11H,1-6H3. The summed E-state index contributed by atoms with van der Waals surface area (Å²) in [5.74, 6) is 0. The van der Waals surface area contributed by atoms with Gasteiger partial charge < -0.3 is 4.57 Å². The van der Waals surface area contributed by atoms with Crippen LogP contribution in [0.15, 0.2) is 35.3 Å². The van der Waals surface area contributed by atoms with E-state index in [1.807, 2.05) is 39.1 Å². The van der Waals surface area contributed by atoms with Crippen LogP contribution in [0.1, 0.15) is 47.1 Å². The van der Waals surface area contributed by atoms with E-state index in [-0.39, 0.29) is 16.5 Å². The van der Waals surface area contributed by atoms with E-state index in [1.165, 1.54) is 5.56 Å². The third-order valence-corrected chi connectivity index (χ3v) is 3.49. The molecule has 0 saturated carbocycles. The minimum absolute atomic E-state index is 0.0884. The third kappa shape index (κ3) is 2.58. The predicted octanol–water partition coefficient (Wildman–Crippen LogP) is 4.05. The molecule has 1 heterocycles. The number of aromatic nitrogens is 1. The van der Waals surface area contributed by atoms with Gasteiger partial charge in [0.05, 0.1) is 0 Å². The molecule has 0 unspecified atom stereocenters. The van der Waals surface area contributed by atoms with Crippen LogP contribution in [-0.4, -0.2) is 4.57 Å². The Bertz CT molecular complexity index is 666. The summed E-state index contributed by atoms with van der Waals surface area (Å²) in [4.78, 5) is 12.5. The first-order valence-electron chi connectivity index (χ1n) is 6.77. The summed E-state index contributed by atoms with van der Waals surface area (Å²) < 4.78 is 1.80. The molecular formula is C17H23NO. The zero-order chi connectivity index (χ0) is 14.4. The van der Waals surface area contributed by atoms with E-state index in [0.29, 0.717) is 0 Å². The van der Waals surface area contributed by atoms with Gasteiger partial charge in [-0.1, -0.05) is 32.9 Å². The number of pyridine rings is 1. The second kappa shape index (κ2) is 4.22. The summed E-state index contributed by atoms with van der Waals surface area (Å²) in [6.07, 6.45) is 1.90. The monoisotopic (exact) mass is 257 g/mol. The molecule has 2 nitrogen and oxygen atoms in total. The SMILES string of the molecule is CC(C)(C)c1ccc2c(=O)n(C(C)(C)C)ccc2c1. The maximum atomic E-state index is 12.5. The molecule has 102 valence electrons. The maximum Gasteiger partial charge on any atom is 0.258 e. The quantitative estimate of drug-likeness (QED) is 0.697. The lowest BCUT2D eigenvalue weighted by Crippen LogP contribution is -2.33. The van der Waals surface area contributed by atoms with Gasteiger partial charge in [-0.3, -0.25) is 4.79 Å². The normalized spacial score (nSPS) is 12.9. The number of fused-ring (bicyclic) bond motifs is 1. The Hall–Kier alpha value is -1.57. The van der Waals surface area contributed by atoms with Crippen molar-refractivity contribution in [1.82, 2.24) is 4.57 Å². The molecule has 0 saturated heterocycles. The minimum Gasteiger partial charge on any atom is -0.310 e. The number of nitrogens with zero attached hydrogens (tertiary/aromatic N) is 1. The van der Waals surface area contributed by atoms with E-state index in [2.05, 4.69) is 32.9 Å². The lowest BCUT2D eigenvalue weighted by Gasteiger charge is -2.23. The first-order valence-corrected chi connectivity index (χ1v) is 6.77. The molecule has 2 heteroatoms. The summed E-state index contributed by atoms with van der Waals surface area (Å²) in [7, 11) is 0. The van der Waals surface area contributed by atoms with Crippen molar-refractivity contribution in [2.75, 3.05) is 0 Å². The van der Waals surface area contributed by atoms with Gasteiger partial charge in [-0.15, -0.1) is 0 Å². The topological polar surface area (TPSA) is 22.0 Å². The molecule has 0 aliphatic rings. The second-order valence-electron chi connectivity index (χ2n) is 7.21. The molecule has 1 aromatic heterocycles. The van der Waals surface area contributed by atoms with Gasteiger partial charge >= 0.3 is 0 Å². The minimum atomic E-state index is -0.187. The van der Waals surface area contributed by atoms with E-state index in [0.717, 1.165) is 10.8 Å². The summed E-state index contributed by atoms with van der Waals surface area (Å²) >= 11 is 0. The fraction of sp³-hybridized carbons (Fsp3) is 0.471. The van der Waals surface area contributed by atoms with Gasteiger partial charge in [0.1, 0.15) is 0 Å². The number of hydrogen-bond donors (Lipinski definition) is 0. The first kappa shape index (κ1) is 13.9. The predicted molar refractivity (Wildman–Crippen MR) is 81.9 cm³/mol. The van der Waals surface area contributed by atoms with Crippen molar-refractivity contribution in [1.29, 1.82) is 0 Å². The molecule has 0 aliphatic heterocycles. The van der Waals surface area contributed by atoms with Crippen molar-refractivity contribution in [2.24, 2.45) is 0 Å². The molecule has 2 aromatic rings. The van der Waals surface area contributed by atoms with Gasteiger partial charge in [0.25, 0.3) is 5.56 Å². The Morgan fingerprint density at radius 3 is 2.11 bits per heavy atom. The highest BCUT2D eigenvalue weighted by Crippen LogP contribution is 2.25. The number of hydrogen-bond acceptors (Lipinski definition) is 1. The molecule has 0 radical (unpaired) electrons. The van der Waals surface area contributed by atoms with Gasteiger partial charge in [-0.05, 0) is 49.3 Å². The summed E-state index contributed by atoms with van der Waals surface area (Å²) in [5.41, 5.74) is 1.26. The molecule has 2 rings (SSSR count). The van der Waals surface area contributed by atoms with Gasteiger partial charge in [-0.2, -0.15) is 0 Å². The second-order valence-corrected chi connectivity index (χ2v) is 7.21. The molecule has 0 fully saturated rings. The zero-order valence-corrected chi connectivity index (χ0v) is 12.7. The van der Waals surface area contributed by atoms with Crippen molar-refractivity contribution in [2.45, 2.75) is 52.5 Å². The molecule has 0 amide bonds. The molecular weight excluding hydrogens is 234 g/mol. The summed E-state index contributed by atoms with van der Waals surface area (Å²) in [6.45, 7) is 12.7. The Labute approximate surface area is 115 Å². The Morgan fingerprint density at radius 1 is 0.947 bits per heavy atom. The maximum absolute atomic E-state index is 12.5. The fourth-order valence-corrected chi connectivity index (χ4v) is 2.24. The molecule has 0 N–H and O–H groups in total. The highest BCUT2D eigenvalue weighted by molar-refractivity contribution is 5.82.